The fourth-order valence-electron chi connectivity index (χ4n) is 1.76. The number of anilines is 1. The summed E-state index contributed by atoms with van der Waals surface area (Å²) in [7, 11) is 2.04. The standard InChI is InChI=1S/C13H21N3S/c1-8(2)10(4)16(5)13-11(12(14)17)9(3)6-7-15-13/h6-8,10H,1-5H3,(H2,14,17). The maximum absolute atomic E-state index is 5.79. The molecular weight excluding hydrogens is 230 g/mol. The van der Waals surface area contributed by atoms with Crippen molar-refractivity contribution in [2.45, 2.75) is 33.7 Å². The molecule has 0 bridgehead atoms. The summed E-state index contributed by atoms with van der Waals surface area (Å²) in [5, 5.41) is 0. The Balaban J connectivity index is 3.22. The van der Waals surface area contributed by atoms with E-state index in [1.165, 1.54) is 0 Å². The molecule has 1 atom stereocenters. The van der Waals surface area contributed by atoms with E-state index in [0.29, 0.717) is 16.9 Å². The average molecular weight is 251 g/mol. The third kappa shape index (κ3) is 2.94. The zero-order chi connectivity index (χ0) is 13.2. The maximum Gasteiger partial charge on any atom is 0.139 e. The van der Waals surface area contributed by atoms with E-state index in [1.54, 1.807) is 6.20 Å². The van der Waals surface area contributed by atoms with Crippen LogP contribution in [0.4, 0.5) is 5.82 Å². The van der Waals surface area contributed by atoms with E-state index in [4.69, 9.17) is 18.0 Å². The molecule has 17 heavy (non-hydrogen) atoms. The van der Waals surface area contributed by atoms with Crippen LogP contribution in [0.2, 0.25) is 0 Å². The van der Waals surface area contributed by atoms with E-state index in [1.807, 2.05) is 20.0 Å². The largest absolute Gasteiger partial charge is 0.389 e. The van der Waals surface area contributed by atoms with E-state index in [-0.39, 0.29) is 0 Å². The van der Waals surface area contributed by atoms with Crippen LogP contribution in [0.1, 0.15) is 31.9 Å². The zero-order valence-electron chi connectivity index (χ0n) is 11.2. The van der Waals surface area contributed by atoms with Gasteiger partial charge in [-0.05, 0) is 31.4 Å². The molecule has 0 spiro atoms. The van der Waals surface area contributed by atoms with Gasteiger partial charge in [-0.3, -0.25) is 0 Å². The van der Waals surface area contributed by atoms with Crippen molar-refractivity contribution in [3.05, 3.63) is 23.4 Å². The normalized spacial score (nSPS) is 12.6. The fourth-order valence-corrected chi connectivity index (χ4v) is 2.01. The molecular formula is C13H21N3S. The molecule has 3 nitrogen and oxygen atoms in total. The number of hydrogen-bond donors (Lipinski definition) is 1. The minimum Gasteiger partial charge on any atom is -0.389 e. The molecule has 0 aromatic carbocycles. The molecule has 0 amide bonds. The Morgan fingerprint density at radius 3 is 2.47 bits per heavy atom. The molecule has 0 saturated carbocycles. The first-order valence-electron chi connectivity index (χ1n) is 5.84. The first kappa shape index (κ1) is 13.9. The summed E-state index contributed by atoms with van der Waals surface area (Å²) >= 11 is 5.12. The summed E-state index contributed by atoms with van der Waals surface area (Å²) in [6, 6.07) is 2.32. The molecule has 1 unspecified atom stereocenters. The Labute approximate surface area is 109 Å². The Hall–Kier alpha value is -1.16. The van der Waals surface area contributed by atoms with Gasteiger partial charge >= 0.3 is 0 Å². The van der Waals surface area contributed by atoms with Gasteiger partial charge in [0.2, 0.25) is 0 Å². The molecule has 1 rings (SSSR count). The van der Waals surface area contributed by atoms with Crippen LogP contribution in [0.5, 0.6) is 0 Å². The number of pyridine rings is 1. The van der Waals surface area contributed by atoms with Gasteiger partial charge in [-0.2, -0.15) is 0 Å². The van der Waals surface area contributed by atoms with Crippen LogP contribution >= 0.6 is 12.2 Å². The van der Waals surface area contributed by atoms with Crippen LogP contribution in [0.25, 0.3) is 0 Å². The van der Waals surface area contributed by atoms with E-state index >= 15 is 0 Å². The molecule has 0 aliphatic heterocycles. The highest BCUT2D eigenvalue weighted by molar-refractivity contribution is 7.80. The Kier molecular flexibility index (Phi) is 4.46. The number of rotatable bonds is 4. The van der Waals surface area contributed by atoms with Crippen molar-refractivity contribution < 1.29 is 0 Å². The van der Waals surface area contributed by atoms with E-state index in [0.717, 1.165) is 16.9 Å². The number of hydrogen-bond acceptors (Lipinski definition) is 3. The lowest BCUT2D eigenvalue weighted by Crippen LogP contribution is -2.35. The first-order chi connectivity index (χ1) is 7.86. The van der Waals surface area contributed by atoms with E-state index < -0.39 is 0 Å². The van der Waals surface area contributed by atoms with Gasteiger partial charge in [-0.25, -0.2) is 4.98 Å². The summed E-state index contributed by atoms with van der Waals surface area (Å²) in [5.41, 5.74) is 7.76. The molecule has 1 heterocycles. The Morgan fingerprint density at radius 2 is 2.00 bits per heavy atom. The van der Waals surface area contributed by atoms with Gasteiger partial charge in [0.15, 0.2) is 0 Å². The quantitative estimate of drug-likeness (QED) is 0.835. The number of aryl methyl sites for hydroxylation is 1. The third-order valence-electron chi connectivity index (χ3n) is 3.30. The van der Waals surface area contributed by atoms with Gasteiger partial charge in [0, 0.05) is 19.3 Å². The predicted molar refractivity (Wildman–Crippen MR) is 77.6 cm³/mol. The highest BCUT2D eigenvalue weighted by atomic mass is 32.1. The van der Waals surface area contributed by atoms with Crippen molar-refractivity contribution in [3.8, 4) is 0 Å². The lowest BCUT2D eigenvalue weighted by Gasteiger charge is -2.30. The Bertz CT molecular complexity index is 415. The van der Waals surface area contributed by atoms with Crippen LogP contribution in [0.15, 0.2) is 12.3 Å². The molecule has 0 radical (unpaired) electrons. The van der Waals surface area contributed by atoms with Gasteiger partial charge in [0.1, 0.15) is 10.8 Å². The molecule has 1 aromatic heterocycles. The van der Waals surface area contributed by atoms with Gasteiger partial charge in [-0.15, -0.1) is 0 Å². The summed E-state index contributed by atoms with van der Waals surface area (Å²) in [5.74, 6) is 1.42. The second-order valence-corrected chi connectivity index (χ2v) is 5.23. The first-order valence-corrected chi connectivity index (χ1v) is 6.25. The van der Waals surface area contributed by atoms with Crippen molar-refractivity contribution in [1.29, 1.82) is 0 Å². The van der Waals surface area contributed by atoms with Crippen molar-refractivity contribution in [2.75, 3.05) is 11.9 Å². The number of aromatic nitrogens is 1. The second-order valence-electron chi connectivity index (χ2n) is 4.79. The fraction of sp³-hybridized carbons (Fsp3) is 0.538. The highest BCUT2D eigenvalue weighted by Gasteiger charge is 2.19. The molecule has 2 N–H and O–H groups in total. The lowest BCUT2D eigenvalue weighted by molar-refractivity contribution is 0.502. The molecule has 0 fully saturated rings. The third-order valence-corrected chi connectivity index (χ3v) is 3.50. The maximum atomic E-state index is 5.79. The van der Waals surface area contributed by atoms with Crippen LogP contribution in [-0.4, -0.2) is 23.1 Å². The summed E-state index contributed by atoms with van der Waals surface area (Å²) < 4.78 is 0. The van der Waals surface area contributed by atoms with Crippen molar-refractivity contribution >= 4 is 23.0 Å². The summed E-state index contributed by atoms with van der Waals surface area (Å²) in [4.78, 5) is 6.98. The van der Waals surface area contributed by atoms with Crippen LogP contribution in [0, 0.1) is 12.8 Å². The topological polar surface area (TPSA) is 42.2 Å². The summed E-state index contributed by atoms with van der Waals surface area (Å²) in [6.45, 7) is 8.57. The zero-order valence-corrected chi connectivity index (χ0v) is 12.0. The monoisotopic (exact) mass is 251 g/mol. The SMILES string of the molecule is Cc1ccnc(N(C)C(C)C(C)C)c1C(N)=S. The van der Waals surface area contributed by atoms with Gasteiger partial charge < -0.3 is 10.6 Å². The number of nitrogens with zero attached hydrogens (tertiary/aromatic N) is 2. The van der Waals surface area contributed by atoms with Gasteiger partial charge in [0.05, 0.1) is 5.56 Å². The minimum atomic E-state index is 0.386. The molecule has 1 aromatic rings. The minimum absolute atomic E-state index is 0.386. The van der Waals surface area contributed by atoms with E-state index in [2.05, 4.69) is 30.7 Å². The molecule has 0 aliphatic carbocycles. The molecule has 0 aliphatic rings. The molecule has 0 saturated heterocycles. The lowest BCUT2D eigenvalue weighted by atomic mass is 10.0. The number of nitrogens with two attached hydrogens (primary N) is 1. The van der Waals surface area contributed by atoms with Gasteiger partial charge in [-0.1, -0.05) is 26.1 Å². The molecule has 4 heteroatoms. The predicted octanol–water partition coefficient (Wildman–Crippen LogP) is 2.50. The summed E-state index contributed by atoms with van der Waals surface area (Å²) in [6.07, 6.45) is 1.80. The number of thiocarbonyl (C=S) groups is 1. The van der Waals surface area contributed by atoms with Crippen molar-refractivity contribution in [1.82, 2.24) is 4.98 Å². The van der Waals surface area contributed by atoms with Gasteiger partial charge in [0.25, 0.3) is 0 Å². The smallest absolute Gasteiger partial charge is 0.139 e. The van der Waals surface area contributed by atoms with Crippen LogP contribution in [-0.2, 0) is 0 Å². The van der Waals surface area contributed by atoms with E-state index in [9.17, 15) is 0 Å². The second kappa shape index (κ2) is 5.45. The van der Waals surface area contributed by atoms with Crippen LogP contribution in [0.3, 0.4) is 0 Å². The van der Waals surface area contributed by atoms with Crippen LogP contribution < -0.4 is 10.6 Å². The average Bonchev–Trinajstić information content (AvgIpc) is 2.25. The highest BCUT2D eigenvalue weighted by Crippen LogP contribution is 2.23. The van der Waals surface area contributed by atoms with Crippen molar-refractivity contribution in [2.24, 2.45) is 11.7 Å². The Morgan fingerprint density at radius 1 is 1.41 bits per heavy atom. The molecule has 94 valence electrons. The van der Waals surface area contributed by atoms with Crippen molar-refractivity contribution in [3.63, 3.8) is 0 Å².